The molecule has 4 N–H and O–H groups in total. The molecule has 0 radical (unpaired) electrons. The number of fused-ring (bicyclic) bond motifs is 1. The molecule has 41 heavy (non-hydrogen) atoms. The van der Waals surface area contributed by atoms with Crippen LogP contribution in [0.4, 0.5) is 4.39 Å². The highest BCUT2D eigenvalue weighted by Crippen LogP contribution is 2.27. The molecule has 1 saturated heterocycles. The molecule has 1 unspecified atom stereocenters. The molecular formula is C25H28FN8O6P. The third-order valence-corrected chi connectivity index (χ3v) is 6.46. The number of nitrogens with zero attached hydrogens (tertiary/aromatic N) is 7. The summed E-state index contributed by atoms with van der Waals surface area (Å²) >= 11 is 0. The molecule has 0 bridgehead atoms. The molecule has 0 spiro atoms. The van der Waals surface area contributed by atoms with Crippen LogP contribution in [0, 0.1) is 17.1 Å². The van der Waals surface area contributed by atoms with Gasteiger partial charge < -0.3 is 29.3 Å². The first kappa shape index (κ1) is 29.8. The summed E-state index contributed by atoms with van der Waals surface area (Å²) in [6, 6.07) is 8.30. The van der Waals surface area contributed by atoms with Crippen LogP contribution in [0.3, 0.4) is 0 Å². The van der Waals surface area contributed by atoms with Crippen molar-refractivity contribution in [1.82, 2.24) is 34.5 Å². The second-order valence-electron chi connectivity index (χ2n) is 9.14. The third kappa shape index (κ3) is 7.72. The molecule has 1 fully saturated rings. The van der Waals surface area contributed by atoms with Crippen molar-refractivity contribution in [2.75, 3.05) is 39.8 Å². The normalized spacial score (nSPS) is 14.7. The molecule has 4 heterocycles. The number of nitrogens with one attached hydrogen (secondary N) is 1. The van der Waals surface area contributed by atoms with Crippen molar-refractivity contribution in [1.29, 1.82) is 5.26 Å². The van der Waals surface area contributed by atoms with E-state index in [1.807, 2.05) is 23.1 Å². The van der Waals surface area contributed by atoms with Gasteiger partial charge in [0.2, 0.25) is 0 Å². The fourth-order valence-electron chi connectivity index (χ4n) is 4.52. The van der Waals surface area contributed by atoms with Crippen LogP contribution in [0.25, 0.3) is 22.3 Å². The predicted molar refractivity (Wildman–Crippen MR) is 144 cm³/mol. The Morgan fingerprint density at radius 1 is 1.22 bits per heavy atom. The van der Waals surface area contributed by atoms with Gasteiger partial charge in [0, 0.05) is 61.6 Å². The van der Waals surface area contributed by atoms with E-state index in [1.165, 1.54) is 25.6 Å². The molecule has 1 aromatic carbocycles. The van der Waals surface area contributed by atoms with Gasteiger partial charge in [-0.2, -0.15) is 10.4 Å². The number of phosphoric acid groups is 1. The van der Waals surface area contributed by atoms with E-state index in [0.717, 1.165) is 22.3 Å². The summed E-state index contributed by atoms with van der Waals surface area (Å²) in [6.07, 6.45) is 7.30. The van der Waals surface area contributed by atoms with E-state index in [4.69, 9.17) is 24.0 Å². The number of aromatic nitrogens is 5. The van der Waals surface area contributed by atoms with Crippen molar-refractivity contribution >= 4 is 24.8 Å². The van der Waals surface area contributed by atoms with Crippen molar-refractivity contribution in [2.24, 2.45) is 0 Å². The van der Waals surface area contributed by atoms with Crippen molar-refractivity contribution in [3.05, 3.63) is 60.6 Å². The smallest absolute Gasteiger partial charge is 0.466 e. The highest BCUT2D eigenvalue weighted by atomic mass is 31.2. The zero-order valence-electron chi connectivity index (χ0n) is 22.0. The van der Waals surface area contributed by atoms with Crippen LogP contribution in [0.15, 0.2) is 49.2 Å². The number of rotatable bonds is 7. The maximum Gasteiger partial charge on any atom is 0.466 e. The van der Waals surface area contributed by atoms with E-state index < -0.39 is 13.6 Å². The first-order chi connectivity index (χ1) is 19.6. The molecule has 3 aromatic heterocycles. The Bertz CT molecular complexity index is 1580. The van der Waals surface area contributed by atoms with E-state index in [2.05, 4.69) is 31.0 Å². The monoisotopic (exact) mass is 586 g/mol. The Hall–Kier alpha value is -4.19. The summed E-state index contributed by atoms with van der Waals surface area (Å²) in [6.45, 7) is 2.95. The number of benzene rings is 1. The number of nitriles is 1. The highest BCUT2D eigenvalue weighted by molar-refractivity contribution is 7.45. The summed E-state index contributed by atoms with van der Waals surface area (Å²) in [7, 11) is -3.25. The van der Waals surface area contributed by atoms with E-state index in [1.54, 1.807) is 17.2 Å². The fraction of sp³-hybridized carbons (Fsp3) is 0.320. The van der Waals surface area contributed by atoms with Gasteiger partial charge in [-0.05, 0) is 24.3 Å². The Balaban J connectivity index is 0.000000714. The molecular weight excluding hydrogens is 558 g/mol. The highest BCUT2D eigenvalue weighted by Gasteiger charge is 2.25. The lowest BCUT2D eigenvalue weighted by atomic mass is 10.1. The Labute approximate surface area is 233 Å². The Morgan fingerprint density at radius 3 is 2.61 bits per heavy atom. The van der Waals surface area contributed by atoms with Crippen molar-refractivity contribution < 1.29 is 33.2 Å². The van der Waals surface area contributed by atoms with Crippen LogP contribution in [-0.2, 0) is 4.57 Å². The predicted octanol–water partition coefficient (Wildman–Crippen LogP) is 1.95. The number of carbonyl (C=O) groups is 1. The molecule has 216 valence electrons. The van der Waals surface area contributed by atoms with Crippen LogP contribution < -0.4 is 4.74 Å². The van der Waals surface area contributed by atoms with E-state index in [-0.39, 0.29) is 17.7 Å². The molecule has 1 aliphatic heterocycles. The number of aromatic amines is 1. The molecule has 14 nitrogen and oxygen atoms in total. The average Bonchev–Trinajstić information content (AvgIpc) is 3.62. The summed E-state index contributed by atoms with van der Waals surface area (Å²) in [5, 5.41) is 14.9. The SMILES string of the molecule is COc1ccc(C(=O)N2CCN(CC(CC#N)n3cc(-c4ncnc5[nH]ccc45)cn3)CC2)cc1F.O=P(O)(O)O. The third-order valence-electron chi connectivity index (χ3n) is 6.46. The quantitative estimate of drug-likeness (QED) is 0.231. The van der Waals surface area contributed by atoms with Crippen LogP contribution >= 0.6 is 7.82 Å². The maximum atomic E-state index is 14.0. The molecule has 0 aliphatic carbocycles. The lowest BCUT2D eigenvalue weighted by Gasteiger charge is -2.36. The van der Waals surface area contributed by atoms with Gasteiger partial charge in [-0.15, -0.1) is 0 Å². The number of methoxy groups -OCH3 is 1. The minimum absolute atomic E-state index is 0.110. The zero-order valence-corrected chi connectivity index (χ0v) is 22.9. The summed E-state index contributed by atoms with van der Waals surface area (Å²) in [4.78, 5) is 50.1. The van der Waals surface area contributed by atoms with Crippen LogP contribution in [0.1, 0.15) is 22.8 Å². The van der Waals surface area contributed by atoms with Gasteiger partial charge in [0.1, 0.15) is 12.0 Å². The second-order valence-corrected chi connectivity index (χ2v) is 10.2. The number of hydrogen-bond acceptors (Lipinski definition) is 8. The first-order valence-corrected chi connectivity index (χ1v) is 14.0. The lowest BCUT2D eigenvalue weighted by molar-refractivity contribution is 0.0616. The van der Waals surface area contributed by atoms with E-state index in [0.29, 0.717) is 44.7 Å². The fourth-order valence-corrected chi connectivity index (χ4v) is 4.52. The van der Waals surface area contributed by atoms with E-state index >= 15 is 0 Å². The van der Waals surface area contributed by atoms with Gasteiger partial charge in [-0.25, -0.2) is 18.9 Å². The van der Waals surface area contributed by atoms with Crippen LogP contribution in [-0.4, -0.2) is 95.0 Å². The second kappa shape index (κ2) is 13.0. The minimum atomic E-state index is -4.64. The average molecular weight is 587 g/mol. The van der Waals surface area contributed by atoms with Gasteiger partial charge in [0.15, 0.2) is 11.6 Å². The minimum Gasteiger partial charge on any atom is -0.494 e. The first-order valence-electron chi connectivity index (χ1n) is 12.4. The van der Waals surface area contributed by atoms with Gasteiger partial charge in [0.25, 0.3) is 5.91 Å². The number of ether oxygens (including phenoxy) is 1. The number of amides is 1. The number of carbonyl (C=O) groups excluding carboxylic acids is 1. The zero-order chi connectivity index (χ0) is 29.6. The van der Waals surface area contributed by atoms with Gasteiger partial charge in [0.05, 0.1) is 37.5 Å². The molecule has 0 saturated carbocycles. The van der Waals surface area contributed by atoms with Gasteiger partial charge >= 0.3 is 7.82 Å². The van der Waals surface area contributed by atoms with Crippen molar-refractivity contribution in [3.8, 4) is 23.1 Å². The molecule has 1 amide bonds. The molecule has 1 atom stereocenters. The van der Waals surface area contributed by atoms with Gasteiger partial charge in [-0.3, -0.25) is 14.4 Å². The molecule has 1 aliphatic rings. The maximum absolute atomic E-state index is 14.0. The van der Waals surface area contributed by atoms with Crippen LogP contribution in [0.5, 0.6) is 5.75 Å². The topological polar surface area (TPSA) is 194 Å². The van der Waals surface area contributed by atoms with E-state index in [9.17, 15) is 14.4 Å². The number of piperazine rings is 1. The van der Waals surface area contributed by atoms with Gasteiger partial charge in [-0.1, -0.05) is 0 Å². The van der Waals surface area contributed by atoms with Crippen molar-refractivity contribution in [2.45, 2.75) is 12.5 Å². The number of halogens is 1. The number of hydrogen-bond donors (Lipinski definition) is 4. The van der Waals surface area contributed by atoms with Crippen LogP contribution in [0.2, 0.25) is 0 Å². The standard InChI is InChI=1S/C25H25FN8O2.H3O4P/c1-36-22-3-2-17(12-21(22)26)25(35)33-10-8-32(9-11-33)15-19(4-6-27)34-14-18(13-31-34)23-20-5-7-28-24(20)30-16-29-23;1-5(2,3)4/h2-3,5,7,12-14,16,19H,4,8-11,15H2,1H3,(H,28,29,30);(H3,1,2,3,4). The molecule has 4 aromatic rings. The summed E-state index contributed by atoms with van der Waals surface area (Å²) in [5.41, 5.74) is 2.69. The Kier molecular flexibility index (Phi) is 9.43. The Morgan fingerprint density at radius 2 is 1.95 bits per heavy atom. The van der Waals surface area contributed by atoms with Crippen molar-refractivity contribution in [3.63, 3.8) is 0 Å². The largest absolute Gasteiger partial charge is 0.494 e. The number of H-pyrrole nitrogens is 1. The lowest BCUT2D eigenvalue weighted by Crippen LogP contribution is -2.50. The summed E-state index contributed by atoms with van der Waals surface area (Å²) in [5.74, 6) is -0.652. The molecule has 16 heteroatoms. The molecule has 5 rings (SSSR count). The summed E-state index contributed by atoms with van der Waals surface area (Å²) < 4.78 is 29.7.